The van der Waals surface area contributed by atoms with Gasteiger partial charge in [0.1, 0.15) is 5.52 Å². The second kappa shape index (κ2) is 5.80. The van der Waals surface area contributed by atoms with Gasteiger partial charge in [0, 0.05) is 30.3 Å². The first kappa shape index (κ1) is 13.4. The van der Waals surface area contributed by atoms with Crippen molar-refractivity contribution in [1.29, 1.82) is 0 Å². The summed E-state index contributed by atoms with van der Waals surface area (Å²) in [5, 5.41) is 16.5. The Morgan fingerprint density at radius 3 is 2.95 bits per heavy atom. The lowest BCUT2D eigenvalue weighted by molar-refractivity contribution is -0.142. The highest BCUT2D eigenvalue weighted by molar-refractivity contribution is 7.12. The number of carboxylic acids is 1. The topological polar surface area (TPSA) is 88.0 Å². The molecule has 0 radical (unpaired) electrons. The fourth-order valence-electron chi connectivity index (χ4n) is 2.63. The van der Waals surface area contributed by atoms with Gasteiger partial charge in [-0.2, -0.15) is 0 Å². The van der Waals surface area contributed by atoms with Crippen molar-refractivity contribution in [3.8, 4) is 0 Å². The molecule has 0 amide bonds. The number of aliphatic carboxylic acids is 1. The monoisotopic (exact) mass is 292 g/mol. The van der Waals surface area contributed by atoms with E-state index < -0.39 is 5.97 Å². The minimum absolute atomic E-state index is 0.160. The Morgan fingerprint density at radius 2 is 2.20 bits per heavy atom. The standard InChI is InChI=1S/C13H16N4O2S/c18-13(19)9-1-3-10(4-2-9)14-6-8-5-11-12(15-7-8)20-17-16-11/h5,7,9-10,14H,1-4,6H2,(H,18,19)/t9-,10-. The highest BCUT2D eigenvalue weighted by Gasteiger charge is 2.25. The summed E-state index contributed by atoms with van der Waals surface area (Å²) in [6.07, 6.45) is 5.22. The Labute approximate surface area is 120 Å². The third kappa shape index (κ3) is 2.94. The van der Waals surface area contributed by atoms with E-state index in [1.807, 2.05) is 12.3 Å². The van der Waals surface area contributed by atoms with Crippen LogP contribution in [-0.2, 0) is 11.3 Å². The number of aromatic nitrogens is 3. The molecule has 2 aromatic heterocycles. The molecule has 0 atom stereocenters. The lowest BCUT2D eigenvalue weighted by Crippen LogP contribution is -2.34. The van der Waals surface area contributed by atoms with E-state index in [0.29, 0.717) is 6.04 Å². The highest BCUT2D eigenvalue weighted by Crippen LogP contribution is 2.24. The lowest BCUT2D eigenvalue weighted by Gasteiger charge is -2.26. The van der Waals surface area contributed by atoms with Gasteiger partial charge in [0.2, 0.25) is 0 Å². The van der Waals surface area contributed by atoms with Crippen molar-refractivity contribution in [1.82, 2.24) is 19.9 Å². The molecular weight excluding hydrogens is 276 g/mol. The summed E-state index contributed by atoms with van der Waals surface area (Å²) in [4.78, 5) is 16.1. The number of fused-ring (bicyclic) bond motifs is 1. The summed E-state index contributed by atoms with van der Waals surface area (Å²) in [6.45, 7) is 0.739. The van der Waals surface area contributed by atoms with Gasteiger partial charge in [0.15, 0.2) is 4.83 Å². The van der Waals surface area contributed by atoms with Gasteiger partial charge in [0.05, 0.1) is 5.92 Å². The fraction of sp³-hybridized carbons (Fsp3) is 0.538. The zero-order chi connectivity index (χ0) is 13.9. The number of rotatable bonds is 4. The number of carbonyl (C=O) groups is 1. The number of nitrogens with zero attached hydrogens (tertiary/aromatic N) is 3. The third-order valence-electron chi connectivity index (χ3n) is 3.84. The molecule has 2 heterocycles. The van der Waals surface area contributed by atoms with Gasteiger partial charge in [-0.3, -0.25) is 4.79 Å². The van der Waals surface area contributed by atoms with Crippen LogP contribution in [0.15, 0.2) is 12.3 Å². The smallest absolute Gasteiger partial charge is 0.306 e. The Bertz CT molecular complexity index is 607. The van der Waals surface area contributed by atoms with Crippen LogP contribution in [0.2, 0.25) is 0 Å². The van der Waals surface area contributed by atoms with E-state index in [2.05, 4.69) is 19.9 Å². The Morgan fingerprint density at radius 1 is 1.40 bits per heavy atom. The van der Waals surface area contributed by atoms with Crippen LogP contribution in [0.4, 0.5) is 0 Å². The van der Waals surface area contributed by atoms with Crippen LogP contribution in [-0.4, -0.2) is 31.7 Å². The van der Waals surface area contributed by atoms with Gasteiger partial charge in [-0.1, -0.05) is 4.49 Å². The van der Waals surface area contributed by atoms with Gasteiger partial charge in [-0.05, 0) is 37.3 Å². The largest absolute Gasteiger partial charge is 0.481 e. The maximum absolute atomic E-state index is 10.9. The zero-order valence-electron chi connectivity index (χ0n) is 11.0. The quantitative estimate of drug-likeness (QED) is 0.893. The fourth-order valence-corrected chi connectivity index (χ4v) is 3.13. The van der Waals surface area contributed by atoms with Crippen LogP contribution in [0.1, 0.15) is 31.2 Å². The van der Waals surface area contributed by atoms with Gasteiger partial charge in [-0.15, -0.1) is 5.10 Å². The molecule has 7 heteroatoms. The molecule has 0 unspecified atom stereocenters. The Balaban J connectivity index is 1.53. The molecule has 0 spiro atoms. The molecule has 2 aromatic rings. The minimum atomic E-state index is -0.658. The molecule has 106 valence electrons. The van der Waals surface area contributed by atoms with Crippen LogP contribution >= 0.6 is 11.5 Å². The van der Waals surface area contributed by atoms with Crippen LogP contribution in [0.5, 0.6) is 0 Å². The molecule has 2 N–H and O–H groups in total. The highest BCUT2D eigenvalue weighted by atomic mass is 32.1. The van der Waals surface area contributed by atoms with E-state index in [9.17, 15) is 4.79 Å². The van der Waals surface area contributed by atoms with E-state index >= 15 is 0 Å². The molecule has 1 aliphatic rings. The molecule has 0 aromatic carbocycles. The summed E-state index contributed by atoms with van der Waals surface area (Å²) < 4.78 is 3.87. The number of hydrogen-bond donors (Lipinski definition) is 2. The normalized spacial score (nSPS) is 23.0. The molecule has 6 nitrogen and oxygen atoms in total. The molecule has 0 aliphatic heterocycles. The van der Waals surface area contributed by atoms with Crippen molar-refractivity contribution < 1.29 is 9.90 Å². The average molecular weight is 292 g/mol. The van der Waals surface area contributed by atoms with Gasteiger partial charge in [-0.25, -0.2) is 4.98 Å². The second-order valence-corrected chi connectivity index (χ2v) is 5.94. The van der Waals surface area contributed by atoms with Gasteiger partial charge in [0.25, 0.3) is 0 Å². The van der Waals surface area contributed by atoms with Gasteiger partial charge < -0.3 is 10.4 Å². The van der Waals surface area contributed by atoms with Crippen LogP contribution in [0.3, 0.4) is 0 Å². The lowest BCUT2D eigenvalue weighted by atomic mass is 9.86. The van der Waals surface area contributed by atoms with E-state index in [1.54, 1.807) is 0 Å². The first-order valence-electron chi connectivity index (χ1n) is 6.75. The summed E-state index contributed by atoms with van der Waals surface area (Å²) in [5.41, 5.74) is 1.93. The second-order valence-electron chi connectivity index (χ2n) is 5.21. The third-order valence-corrected chi connectivity index (χ3v) is 4.49. The van der Waals surface area contributed by atoms with Crippen molar-refractivity contribution in [2.45, 2.75) is 38.3 Å². The van der Waals surface area contributed by atoms with Crippen molar-refractivity contribution in [3.63, 3.8) is 0 Å². The van der Waals surface area contributed by atoms with Gasteiger partial charge >= 0.3 is 5.97 Å². The summed E-state index contributed by atoms with van der Waals surface area (Å²) in [7, 11) is 0. The number of nitrogens with one attached hydrogen (secondary N) is 1. The summed E-state index contributed by atoms with van der Waals surface area (Å²) in [6, 6.07) is 2.40. The maximum Gasteiger partial charge on any atom is 0.306 e. The first-order chi connectivity index (χ1) is 9.72. The average Bonchev–Trinajstić information content (AvgIpc) is 2.93. The number of hydrogen-bond acceptors (Lipinski definition) is 6. The number of pyridine rings is 1. The molecule has 20 heavy (non-hydrogen) atoms. The first-order valence-corrected chi connectivity index (χ1v) is 7.53. The van der Waals surface area contributed by atoms with Crippen molar-refractivity contribution in [2.24, 2.45) is 5.92 Å². The summed E-state index contributed by atoms with van der Waals surface area (Å²) in [5.74, 6) is -0.818. The van der Waals surface area contributed by atoms with E-state index in [1.165, 1.54) is 11.5 Å². The zero-order valence-corrected chi connectivity index (χ0v) is 11.8. The molecule has 1 fully saturated rings. The predicted molar refractivity (Wildman–Crippen MR) is 75.4 cm³/mol. The van der Waals surface area contributed by atoms with Crippen LogP contribution in [0, 0.1) is 5.92 Å². The minimum Gasteiger partial charge on any atom is -0.481 e. The van der Waals surface area contributed by atoms with E-state index in [-0.39, 0.29) is 5.92 Å². The Hall–Kier alpha value is -1.60. The molecule has 0 saturated heterocycles. The molecule has 3 rings (SSSR count). The SMILES string of the molecule is O=C(O)[C@H]1CC[C@H](NCc2cnc3snnc3c2)CC1. The number of carboxylic acid groups (broad SMARTS) is 1. The van der Waals surface area contributed by atoms with E-state index in [0.717, 1.165) is 48.1 Å². The molecule has 1 saturated carbocycles. The van der Waals surface area contributed by atoms with Crippen molar-refractivity contribution in [3.05, 3.63) is 17.8 Å². The van der Waals surface area contributed by atoms with Crippen LogP contribution in [0.25, 0.3) is 10.3 Å². The van der Waals surface area contributed by atoms with Crippen molar-refractivity contribution in [2.75, 3.05) is 0 Å². The Kier molecular flexibility index (Phi) is 3.88. The van der Waals surface area contributed by atoms with Crippen LogP contribution < -0.4 is 5.32 Å². The van der Waals surface area contributed by atoms with E-state index in [4.69, 9.17) is 5.11 Å². The summed E-state index contributed by atoms with van der Waals surface area (Å²) >= 11 is 1.30. The molecule has 0 bridgehead atoms. The molecular formula is C13H16N4O2S. The predicted octanol–water partition coefficient (Wildman–Crippen LogP) is 1.82. The molecule has 1 aliphatic carbocycles. The van der Waals surface area contributed by atoms with Crippen molar-refractivity contribution >= 4 is 27.8 Å². The maximum atomic E-state index is 10.9.